The average Bonchev–Trinajstić information content (AvgIpc) is 3.69. The topological polar surface area (TPSA) is 29.0 Å². The molecule has 3 heteroatoms. The van der Waals surface area contributed by atoms with Crippen molar-refractivity contribution in [3.05, 3.63) is 237 Å². The Hall–Kier alpha value is -8.40. The first-order valence-electron chi connectivity index (χ1n) is 21.5. The van der Waals surface area contributed by atoms with E-state index in [1.807, 2.05) is 24.8 Å². The van der Waals surface area contributed by atoms with Crippen molar-refractivity contribution >= 4 is 38.6 Å². The summed E-state index contributed by atoms with van der Waals surface area (Å²) in [4.78, 5) is 11.0. The molecule has 294 valence electrons. The molecule has 3 nitrogen and oxygen atoms in total. The van der Waals surface area contributed by atoms with Crippen LogP contribution in [0.1, 0.15) is 0 Å². The number of pyridine rings is 2. The van der Waals surface area contributed by atoms with Crippen molar-refractivity contribution in [2.75, 3.05) is 4.90 Å². The fourth-order valence-electron chi connectivity index (χ4n) is 9.84. The summed E-state index contributed by atoms with van der Waals surface area (Å²) < 4.78 is 0. The van der Waals surface area contributed by atoms with Crippen molar-refractivity contribution in [2.45, 2.75) is 0 Å². The highest BCUT2D eigenvalue weighted by molar-refractivity contribution is 6.28. The van der Waals surface area contributed by atoms with Gasteiger partial charge in [-0.25, -0.2) is 0 Å². The summed E-state index contributed by atoms with van der Waals surface area (Å²) in [7, 11) is 0. The lowest BCUT2D eigenvalue weighted by Crippen LogP contribution is -2.10. The number of nitrogens with zero attached hydrogens (tertiary/aromatic N) is 3. The molecule has 63 heavy (non-hydrogen) atoms. The second-order valence-corrected chi connectivity index (χ2v) is 16.1. The Labute approximate surface area is 366 Å². The molecule has 1 aliphatic rings. The number of rotatable bonds is 8. The predicted octanol–water partition coefficient (Wildman–Crippen LogP) is 16.2. The summed E-state index contributed by atoms with van der Waals surface area (Å²) in [5, 5.41) is 5.09. The first kappa shape index (κ1) is 36.5. The first-order valence-corrected chi connectivity index (χ1v) is 21.5. The Morgan fingerprint density at radius 2 is 0.714 bits per heavy atom. The molecule has 0 saturated carbocycles. The van der Waals surface area contributed by atoms with Crippen LogP contribution in [0.3, 0.4) is 0 Å². The maximum absolute atomic E-state index is 4.31. The lowest BCUT2D eigenvalue weighted by molar-refractivity contribution is 1.28. The van der Waals surface area contributed by atoms with Crippen LogP contribution in [-0.4, -0.2) is 9.97 Å². The van der Waals surface area contributed by atoms with E-state index in [2.05, 4.69) is 227 Å². The summed E-state index contributed by atoms with van der Waals surface area (Å²) in [5.41, 5.74) is 20.3. The molecule has 9 aromatic carbocycles. The molecule has 0 saturated heterocycles. The van der Waals surface area contributed by atoms with E-state index in [9.17, 15) is 0 Å². The van der Waals surface area contributed by atoms with E-state index in [1.165, 1.54) is 77.2 Å². The fourth-order valence-corrected chi connectivity index (χ4v) is 9.84. The highest BCUT2D eigenvalue weighted by Gasteiger charge is 2.31. The highest BCUT2D eigenvalue weighted by Crippen LogP contribution is 2.58. The molecule has 11 aromatic rings. The van der Waals surface area contributed by atoms with Gasteiger partial charge in [-0.15, -0.1) is 0 Å². The minimum Gasteiger partial charge on any atom is -0.310 e. The van der Waals surface area contributed by atoms with E-state index in [1.54, 1.807) is 0 Å². The molecular formula is C60H39N3. The average molecular weight is 802 g/mol. The van der Waals surface area contributed by atoms with Crippen molar-refractivity contribution in [1.82, 2.24) is 9.97 Å². The van der Waals surface area contributed by atoms with Crippen LogP contribution in [0.15, 0.2) is 237 Å². The largest absolute Gasteiger partial charge is 0.310 e. The zero-order valence-electron chi connectivity index (χ0n) is 34.4. The van der Waals surface area contributed by atoms with Crippen LogP contribution in [0, 0.1) is 0 Å². The molecule has 2 heterocycles. The molecule has 0 aliphatic heterocycles. The number of hydrogen-bond donors (Lipinski definition) is 0. The summed E-state index contributed by atoms with van der Waals surface area (Å²) in [5.74, 6) is 0. The van der Waals surface area contributed by atoms with Crippen molar-refractivity contribution in [2.24, 2.45) is 0 Å². The normalized spacial score (nSPS) is 11.5. The molecule has 0 spiro atoms. The molecule has 0 radical (unpaired) electrons. The molecular weight excluding hydrogens is 763 g/mol. The van der Waals surface area contributed by atoms with Gasteiger partial charge in [-0.05, 0) is 166 Å². The minimum atomic E-state index is 1.06. The van der Waals surface area contributed by atoms with Crippen LogP contribution in [0.2, 0.25) is 0 Å². The van der Waals surface area contributed by atoms with E-state index in [4.69, 9.17) is 0 Å². The Balaban J connectivity index is 1.03. The molecule has 2 aromatic heterocycles. The second kappa shape index (κ2) is 15.3. The summed E-state index contributed by atoms with van der Waals surface area (Å²) in [6.07, 6.45) is 7.42. The van der Waals surface area contributed by atoms with Gasteiger partial charge in [0.05, 0.1) is 0 Å². The molecule has 0 fully saturated rings. The number of hydrogen-bond acceptors (Lipinski definition) is 3. The molecule has 12 rings (SSSR count). The number of aromatic nitrogens is 2. The van der Waals surface area contributed by atoms with Crippen molar-refractivity contribution in [3.8, 4) is 77.9 Å². The van der Waals surface area contributed by atoms with Gasteiger partial charge in [-0.2, -0.15) is 0 Å². The Kier molecular flexibility index (Phi) is 8.83. The lowest BCUT2D eigenvalue weighted by Gasteiger charge is -2.27. The second-order valence-electron chi connectivity index (χ2n) is 16.1. The van der Waals surface area contributed by atoms with E-state index in [0.29, 0.717) is 0 Å². The first-order chi connectivity index (χ1) is 31.3. The molecule has 0 atom stereocenters. The van der Waals surface area contributed by atoms with Crippen molar-refractivity contribution in [1.29, 1.82) is 0 Å². The fraction of sp³-hybridized carbons (Fsp3) is 0. The van der Waals surface area contributed by atoms with Crippen molar-refractivity contribution in [3.63, 3.8) is 0 Å². The summed E-state index contributed by atoms with van der Waals surface area (Å²) in [6.45, 7) is 0. The minimum absolute atomic E-state index is 1.06. The van der Waals surface area contributed by atoms with E-state index in [-0.39, 0.29) is 0 Å². The van der Waals surface area contributed by atoms with Gasteiger partial charge in [0.1, 0.15) is 0 Å². The van der Waals surface area contributed by atoms with Gasteiger partial charge in [0.15, 0.2) is 0 Å². The van der Waals surface area contributed by atoms with Gasteiger partial charge in [0, 0.05) is 41.8 Å². The zero-order chi connectivity index (χ0) is 41.7. The van der Waals surface area contributed by atoms with Gasteiger partial charge in [-0.1, -0.05) is 146 Å². The maximum atomic E-state index is 4.31. The van der Waals surface area contributed by atoms with Crippen LogP contribution < -0.4 is 4.90 Å². The third kappa shape index (κ3) is 6.21. The van der Waals surface area contributed by atoms with E-state index >= 15 is 0 Å². The van der Waals surface area contributed by atoms with Crippen molar-refractivity contribution < 1.29 is 0 Å². The van der Waals surface area contributed by atoms with Crippen LogP contribution in [0.4, 0.5) is 17.1 Å². The van der Waals surface area contributed by atoms with E-state index in [0.717, 1.165) is 39.3 Å². The van der Waals surface area contributed by atoms with E-state index < -0.39 is 0 Å². The van der Waals surface area contributed by atoms with Crippen LogP contribution >= 0.6 is 0 Å². The molecule has 1 aliphatic carbocycles. The van der Waals surface area contributed by atoms with Gasteiger partial charge in [0.2, 0.25) is 0 Å². The standard InChI is InChI=1S/C60H39N3/c1-4-13-43(14-5-1)56-52-19-10-11-20-53(52)57(44-15-6-2-7-16-44)60-55-28-27-50(51-21-12-22-54(58(51)55)59(56)60)42-23-25-48(26-24-42)63(47-17-8-3-9-18-47)49-38-45(40-29-33-61-34-30-40)37-46(39-49)41-31-35-62-36-32-41/h1-39H. The summed E-state index contributed by atoms with van der Waals surface area (Å²) in [6, 6.07) is 77.2. The number of benzene rings is 9. The number of anilines is 3. The zero-order valence-corrected chi connectivity index (χ0v) is 34.4. The smallest absolute Gasteiger partial charge is 0.0473 e. The Morgan fingerprint density at radius 3 is 1.27 bits per heavy atom. The Bertz CT molecular complexity index is 3310. The van der Waals surface area contributed by atoms with Gasteiger partial charge < -0.3 is 4.90 Å². The number of fused-ring (bicyclic) bond motifs is 4. The molecule has 0 bridgehead atoms. The van der Waals surface area contributed by atoms with Crippen LogP contribution in [0.5, 0.6) is 0 Å². The third-order valence-corrected chi connectivity index (χ3v) is 12.6. The quantitative estimate of drug-likeness (QED) is 0.153. The van der Waals surface area contributed by atoms with Gasteiger partial charge in [0.25, 0.3) is 0 Å². The third-order valence-electron chi connectivity index (χ3n) is 12.6. The molecule has 0 amide bonds. The highest BCUT2D eigenvalue weighted by atomic mass is 15.1. The Morgan fingerprint density at radius 1 is 0.254 bits per heavy atom. The lowest BCUT2D eigenvalue weighted by atomic mass is 9.82. The van der Waals surface area contributed by atoms with Gasteiger partial charge >= 0.3 is 0 Å². The molecule has 0 unspecified atom stereocenters. The van der Waals surface area contributed by atoms with Crippen LogP contribution in [-0.2, 0) is 0 Å². The monoisotopic (exact) mass is 801 g/mol. The molecule has 0 N–H and O–H groups in total. The maximum Gasteiger partial charge on any atom is 0.0473 e. The SMILES string of the molecule is c1ccc(-c2c3c(c(-c4ccccc4)c4ccccc24)-c2ccc(-c4ccc(N(c5ccccc5)c5cc(-c6ccncc6)cc(-c6ccncc6)c5)cc4)c4cccc-3c24)cc1. The van der Waals surface area contributed by atoms with Crippen LogP contribution in [0.25, 0.3) is 99.4 Å². The van der Waals surface area contributed by atoms with Gasteiger partial charge in [-0.3, -0.25) is 9.97 Å². The number of para-hydroxylation sites is 1. The predicted molar refractivity (Wildman–Crippen MR) is 263 cm³/mol. The summed E-state index contributed by atoms with van der Waals surface area (Å²) >= 11 is 0.